The molecule has 0 aliphatic heterocycles. The van der Waals surface area contributed by atoms with Gasteiger partial charge in [-0.3, -0.25) is 4.98 Å². The lowest BCUT2D eigenvalue weighted by atomic mass is 9.92. The molecule has 3 nitrogen and oxygen atoms in total. The Morgan fingerprint density at radius 1 is 0.480 bits per heavy atom. The van der Waals surface area contributed by atoms with Crippen LogP contribution < -0.4 is 0 Å². The summed E-state index contributed by atoms with van der Waals surface area (Å²) in [5.74, 6) is 0.914. The van der Waals surface area contributed by atoms with Crippen molar-refractivity contribution >= 4 is 27.1 Å². The Morgan fingerprint density at radius 2 is 1.10 bits per heavy atom. The van der Waals surface area contributed by atoms with E-state index in [1.165, 1.54) is 43.8 Å². The van der Waals surface area contributed by atoms with E-state index in [9.17, 15) is 0 Å². The van der Waals surface area contributed by atoms with E-state index >= 15 is 0 Å². The van der Waals surface area contributed by atoms with E-state index in [1.54, 1.807) is 6.20 Å². The number of fused-ring (bicyclic) bond motifs is 3. The predicted molar refractivity (Wildman–Crippen MR) is 207 cm³/mol. The number of benzene rings is 6. The average Bonchev–Trinajstić information content (AvgIpc) is 3.21. The molecule has 236 valence electrons. The van der Waals surface area contributed by atoms with Gasteiger partial charge >= 0.3 is 0 Å². The predicted octanol–water partition coefficient (Wildman–Crippen LogP) is 12.0. The van der Waals surface area contributed by atoms with Crippen molar-refractivity contribution in [2.45, 2.75) is 12.3 Å². The molecule has 2 heterocycles. The number of pyridine rings is 1. The zero-order valence-corrected chi connectivity index (χ0v) is 27.4. The summed E-state index contributed by atoms with van der Waals surface area (Å²) in [6.07, 6.45) is 11.3. The average molecular weight is 640 g/mol. The van der Waals surface area contributed by atoms with Crippen LogP contribution in [0.1, 0.15) is 23.7 Å². The Balaban J connectivity index is 1.10. The van der Waals surface area contributed by atoms with E-state index in [0.717, 1.165) is 45.9 Å². The summed E-state index contributed by atoms with van der Waals surface area (Å²) < 4.78 is 0. The molecule has 0 fully saturated rings. The molecule has 50 heavy (non-hydrogen) atoms. The molecule has 3 heteroatoms. The molecular formula is C47H33N3. The van der Waals surface area contributed by atoms with Gasteiger partial charge in [0.15, 0.2) is 0 Å². The number of hydrogen-bond acceptors (Lipinski definition) is 3. The lowest BCUT2D eigenvalue weighted by Gasteiger charge is -2.18. The van der Waals surface area contributed by atoms with Gasteiger partial charge in [0.05, 0.1) is 11.4 Å². The van der Waals surface area contributed by atoms with Crippen molar-refractivity contribution in [2.75, 3.05) is 0 Å². The second kappa shape index (κ2) is 12.9. The van der Waals surface area contributed by atoms with Gasteiger partial charge in [-0.15, -0.1) is 0 Å². The molecule has 1 atom stereocenters. The van der Waals surface area contributed by atoms with Gasteiger partial charge in [-0.25, -0.2) is 9.97 Å². The SMILES string of the molecule is C1=CC(c2nc(-c3ccc(-c4cccnc4)cc3)cc(-c3ccc(-c4cc5ccccc5c5ccccc45)cc3)n2)CC=C1c1ccccc1. The number of aromatic nitrogens is 3. The van der Waals surface area contributed by atoms with Gasteiger partial charge in [-0.05, 0) is 79.6 Å². The molecule has 6 aromatic carbocycles. The number of nitrogens with zero attached hydrogens (tertiary/aromatic N) is 3. The van der Waals surface area contributed by atoms with Gasteiger partial charge in [0.25, 0.3) is 0 Å². The Kier molecular flexibility index (Phi) is 7.64. The van der Waals surface area contributed by atoms with Crippen LogP contribution in [0.3, 0.4) is 0 Å². The van der Waals surface area contributed by atoms with Gasteiger partial charge < -0.3 is 0 Å². The Labute approximate surface area is 292 Å². The maximum Gasteiger partial charge on any atom is 0.136 e. The van der Waals surface area contributed by atoms with Crippen LogP contribution in [0, 0.1) is 0 Å². The molecule has 0 radical (unpaired) electrons. The second-order valence-corrected chi connectivity index (χ2v) is 12.8. The molecule has 0 saturated carbocycles. The van der Waals surface area contributed by atoms with Gasteiger partial charge in [-0.2, -0.15) is 0 Å². The van der Waals surface area contributed by atoms with Crippen molar-refractivity contribution in [1.82, 2.24) is 15.0 Å². The standard InChI is InChI=1S/C47H33N3/c1-2-9-32(10-3-1)33-18-26-38(27-19-33)47-49-45(36-22-16-34(17-23-36)40-12-8-28-48-31-40)30-46(50-47)37-24-20-35(21-25-37)44-29-39-11-4-5-13-41(39)42-14-6-7-15-43(42)44/h1-26,28-31,38H,27H2. The van der Waals surface area contributed by atoms with Crippen LogP contribution in [0.5, 0.6) is 0 Å². The van der Waals surface area contributed by atoms with Gasteiger partial charge in [0, 0.05) is 29.4 Å². The van der Waals surface area contributed by atoms with Crippen LogP contribution in [0.4, 0.5) is 0 Å². The minimum Gasteiger partial charge on any atom is -0.264 e. The molecule has 0 spiro atoms. The first kappa shape index (κ1) is 29.7. The number of rotatable bonds is 6. The van der Waals surface area contributed by atoms with Gasteiger partial charge in [-0.1, -0.05) is 152 Å². The highest BCUT2D eigenvalue weighted by atomic mass is 14.9. The monoisotopic (exact) mass is 639 g/mol. The first-order valence-corrected chi connectivity index (χ1v) is 17.1. The van der Waals surface area contributed by atoms with E-state index in [1.807, 2.05) is 12.3 Å². The summed E-state index contributed by atoms with van der Waals surface area (Å²) in [5.41, 5.74) is 11.1. The van der Waals surface area contributed by atoms with E-state index in [4.69, 9.17) is 9.97 Å². The van der Waals surface area contributed by atoms with Crippen LogP contribution in [0.15, 0.2) is 182 Å². The third-order valence-corrected chi connectivity index (χ3v) is 9.72. The molecule has 0 saturated heterocycles. The highest BCUT2D eigenvalue weighted by Gasteiger charge is 2.18. The summed E-state index contributed by atoms with van der Waals surface area (Å²) in [6, 6.07) is 53.8. The summed E-state index contributed by atoms with van der Waals surface area (Å²) in [6.45, 7) is 0. The van der Waals surface area contributed by atoms with Crippen LogP contribution in [-0.4, -0.2) is 15.0 Å². The molecule has 2 aromatic heterocycles. The Morgan fingerprint density at radius 3 is 1.78 bits per heavy atom. The largest absolute Gasteiger partial charge is 0.264 e. The molecule has 1 aliphatic rings. The lowest BCUT2D eigenvalue weighted by molar-refractivity contribution is 0.777. The maximum absolute atomic E-state index is 5.21. The molecule has 0 bridgehead atoms. The number of hydrogen-bond donors (Lipinski definition) is 0. The first-order chi connectivity index (χ1) is 24.8. The quantitative estimate of drug-likeness (QED) is 0.170. The fourth-order valence-electron chi connectivity index (χ4n) is 7.06. The molecular weight excluding hydrogens is 607 g/mol. The second-order valence-electron chi connectivity index (χ2n) is 12.8. The first-order valence-electron chi connectivity index (χ1n) is 17.1. The molecule has 9 rings (SSSR count). The highest BCUT2D eigenvalue weighted by molar-refractivity contribution is 6.13. The van der Waals surface area contributed by atoms with Crippen molar-refractivity contribution < 1.29 is 0 Å². The van der Waals surface area contributed by atoms with Crippen molar-refractivity contribution in [2.24, 2.45) is 0 Å². The number of allylic oxidation sites excluding steroid dienone is 4. The zero-order chi connectivity index (χ0) is 33.3. The van der Waals surface area contributed by atoms with Crippen LogP contribution in [0.25, 0.3) is 71.9 Å². The van der Waals surface area contributed by atoms with Crippen LogP contribution >= 0.6 is 0 Å². The van der Waals surface area contributed by atoms with Crippen molar-refractivity contribution in [3.63, 3.8) is 0 Å². The summed E-state index contributed by atoms with van der Waals surface area (Å²) in [7, 11) is 0. The minimum absolute atomic E-state index is 0.0825. The van der Waals surface area contributed by atoms with Gasteiger partial charge in [0.2, 0.25) is 0 Å². The van der Waals surface area contributed by atoms with E-state index in [-0.39, 0.29) is 5.92 Å². The summed E-state index contributed by atoms with van der Waals surface area (Å²) >= 11 is 0. The molecule has 8 aromatic rings. The zero-order valence-electron chi connectivity index (χ0n) is 27.4. The third kappa shape index (κ3) is 5.69. The van der Waals surface area contributed by atoms with Crippen molar-refractivity contribution in [1.29, 1.82) is 0 Å². The summed E-state index contributed by atoms with van der Waals surface area (Å²) in [5, 5.41) is 5.05. The van der Waals surface area contributed by atoms with E-state index in [2.05, 4.69) is 169 Å². The van der Waals surface area contributed by atoms with E-state index < -0.39 is 0 Å². The minimum atomic E-state index is 0.0825. The fourth-order valence-corrected chi connectivity index (χ4v) is 7.06. The highest BCUT2D eigenvalue weighted by Crippen LogP contribution is 2.37. The third-order valence-electron chi connectivity index (χ3n) is 9.72. The lowest BCUT2D eigenvalue weighted by Crippen LogP contribution is -2.06. The molecule has 0 amide bonds. The van der Waals surface area contributed by atoms with Crippen molar-refractivity contribution in [3.05, 3.63) is 194 Å². The van der Waals surface area contributed by atoms with Gasteiger partial charge in [0.1, 0.15) is 5.82 Å². The van der Waals surface area contributed by atoms with Crippen LogP contribution in [-0.2, 0) is 0 Å². The smallest absolute Gasteiger partial charge is 0.136 e. The fraction of sp³-hybridized carbons (Fsp3) is 0.0426. The molecule has 0 N–H and O–H groups in total. The topological polar surface area (TPSA) is 38.7 Å². The van der Waals surface area contributed by atoms with Crippen LogP contribution in [0.2, 0.25) is 0 Å². The molecule has 1 unspecified atom stereocenters. The Bertz CT molecular complexity index is 2530. The molecule has 1 aliphatic carbocycles. The summed E-state index contributed by atoms with van der Waals surface area (Å²) in [4.78, 5) is 14.7. The van der Waals surface area contributed by atoms with E-state index in [0.29, 0.717) is 0 Å². The maximum atomic E-state index is 5.21. The van der Waals surface area contributed by atoms with Crippen molar-refractivity contribution in [3.8, 4) is 44.8 Å². The Hall–Kier alpha value is -6.45. The normalized spacial score (nSPS) is 14.2.